The van der Waals surface area contributed by atoms with Crippen molar-refractivity contribution in [1.29, 1.82) is 0 Å². The van der Waals surface area contributed by atoms with Crippen molar-refractivity contribution in [3.63, 3.8) is 0 Å². The van der Waals surface area contributed by atoms with Crippen molar-refractivity contribution in [1.82, 2.24) is 10.6 Å². The minimum absolute atomic E-state index is 0.0122. The Labute approximate surface area is 174 Å². The number of nitrogens with zero attached hydrogens (tertiary/aromatic N) is 2. The molecule has 2 N–H and O–H groups in total. The highest BCUT2D eigenvalue weighted by Gasteiger charge is 2.33. The van der Waals surface area contributed by atoms with Crippen molar-refractivity contribution in [2.24, 2.45) is 4.40 Å². The van der Waals surface area contributed by atoms with Crippen molar-refractivity contribution < 1.29 is 18.0 Å². The fourth-order valence-electron chi connectivity index (χ4n) is 3.81. The zero-order valence-corrected chi connectivity index (χ0v) is 17.7. The molecule has 2 heterocycles. The summed E-state index contributed by atoms with van der Waals surface area (Å²) in [6, 6.07) is 5.53. The second-order valence-corrected chi connectivity index (χ2v) is 10.3. The zero-order chi connectivity index (χ0) is 20.4. The molecule has 3 aliphatic rings. The van der Waals surface area contributed by atoms with Gasteiger partial charge in [-0.25, -0.2) is 8.42 Å². The molecule has 1 fully saturated rings. The molecule has 29 heavy (non-hydrogen) atoms. The number of amidine groups is 1. The summed E-state index contributed by atoms with van der Waals surface area (Å²) in [5.41, 5.74) is 1.35. The third-order valence-electron chi connectivity index (χ3n) is 5.34. The van der Waals surface area contributed by atoms with Crippen LogP contribution in [0.1, 0.15) is 48.9 Å². The molecule has 2 aliphatic heterocycles. The molecule has 1 aromatic carbocycles. The van der Waals surface area contributed by atoms with Crippen molar-refractivity contribution in [2.45, 2.75) is 49.5 Å². The minimum Gasteiger partial charge on any atom is -0.353 e. The van der Waals surface area contributed by atoms with Crippen LogP contribution in [0.2, 0.25) is 0 Å². The van der Waals surface area contributed by atoms with E-state index in [9.17, 15) is 18.0 Å². The Morgan fingerprint density at radius 1 is 1.21 bits per heavy atom. The molecule has 1 aromatic rings. The van der Waals surface area contributed by atoms with Gasteiger partial charge in [-0.3, -0.25) is 9.59 Å². The highest BCUT2D eigenvalue weighted by Crippen LogP contribution is 2.42. The summed E-state index contributed by atoms with van der Waals surface area (Å²) in [5.74, 6) is -0.294. The maximum absolute atomic E-state index is 12.4. The molecule has 2 amide bonds. The SMILES string of the molecule is O=C(CCNC(=O)c1ccc2c(c1)SC1=NS(=O)(=O)CCN12)NC1CCCCC1. The third kappa shape index (κ3) is 4.75. The van der Waals surface area contributed by atoms with Crippen LogP contribution in [-0.4, -0.2) is 50.3 Å². The lowest BCUT2D eigenvalue weighted by Crippen LogP contribution is -2.38. The first kappa shape index (κ1) is 20.2. The molecule has 4 rings (SSSR count). The van der Waals surface area contributed by atoms with E-state index in [0.29, 0.717) is 17.3 Å². The molecule has 8 nitrogen and oxygen atoms in total. The number of rotatable bonds is 5. The van der Waals surface area contributed by atoms with Gasteiger partial charge in [0.2, 0.25) is 5.91 Å². The summed E-state index contributed by atoms with van der Waals surface area (Å²) in [4.78, 5) is 27.2. The van der Waals surface area contributed by atoms with Gasteiger partial charge in [0, 0.05) is 36.0 Å². The lowest BCUT2D eigenvalue weighted by molar-refractivity contribution is -0.121. The normalized spacial score (nSPS) is 20.4. The van der Waals surface area contributed by atoms with Gasteiger partial charge in [0.05, 0.1) is 11.4 Å². The number of anilines is 1. The summed E-state index contributed by atoms with van der Waals surface area (Å²) in [6.45, 7) is 0.640. The van der Waals surface area contributed by atoms with Crippen LogP contribution in [0.15, 0.2) is 27.5 Å². The Kier molecular flexibility index (Phi) is 5.82. The van der Waals surface area contributed by atoms with Crippen molar-refractivity contribution in [2.75, 3.05) is 23.7 Å². The van der Waals surface area contributed by atoms with Crippen LogP contribution in [0.4, 0.5) is 5.69 Å². The van der Waals surface area contributed by atoms with E-state index in [1.54, 1.807) is 12.1 Å². The Bertz CT molecular complexity index is 955. The molecule has 0 saturated heterocycles. The number of fused-ring (bicyclic) bond motifs is 3. The lowest BCUT2D eigenvalue weighted by Gasteiger charge is -2.22. The van der Waals surface area contributed by atoms with Gasteiger partial charge >= 0.3 is 0 Å². The average molecular weight is 437 g/mol. The maximum atomic E-state index is 12.4. The average Bonchev–Trinajstić information content (AvgIpc) is 3.03. The Hall–Kier alpha value is -2.07. The molecule has 0 spiro atoms. The van der Waals surface area contributed by atoms with Gasteiger partial charge < -0.3 is 15.5 Å². The monoisotopic (exact) mass is 436 g/mol. The molecule has 156 valence electrons. The largest absolute Gasteiger partial charge is 0.353 e. The predicted octanol–water partition coefficient (Wildman–Crippen LogP) is 1.87. The number of benzene rings is 1. The van der Waals surface area contributed by atoms with Crippen molar-refractivity contribution in [3.05, 3.63) is 23.8 Å². The topological polar surface area (TPSA) is 108 Å². The van der Waals surface area contributed by atoms with Gasteiger partial charge in [-0.05, 0) is 42.8 Å². The smallest absolute Gasteiger partial charge is 0.257 e. The first-order valence-electron chi connectivity index (χ1n) is 9.91. The van der Waals surface area contributed by atoms with E-state index in [4.69, 9.17) is 0 Å². The molecule has 0 atom stereocenters. The molecular formula is C19H24N4O4S2. The summed E-state index contributed by atoms with van der Waals surface area (Å²) < 4.78 is 27.2. The van der Waals surface area contributed by atoms with Crippen LogP contribution in [0, 0.1) is 0 Å². The number of nitrogens with one attached hydrogen (secondary N) is 2. The number of carbonyl (C=O) groups excluding carboxylic acids is 2. The molecule has 0 bridgehead atoms. The number of hydrogen-bond donors (Lipinski definition) is 2. The first-order chi connectivity index (χ1) is 13.9. The van der Waals surface area contributed by atoms with E-state index in [0.717, 1.165) is 36.3 Å². The highest BCUT2D eigenvalue weighted by atomic mass is 32.2. The number of hydrogen-bond acceptors (Lipinski definition) is 6. The third-order valence-corrected chi connectivity index (χ3v) is 7.65. The van der Waals surface area contributed by atoms with Gasteiger partial charge in [0.15, 0.2) is 5.17 Å². The van der Waals surface area contributed by atoms with Gasteiger partial charge in [-0.15, -0.1) is 4.40 Å². The van der Waals surface area contributed by atoms with E-state index in [1.165, 1.54) is 18.2 Å². The Morgan fingerprint density at radius 3 is 2.79 bits per heavy atom. The number of sulfonamides is 1. The van der Waals surface area contributed by atoms with E-state index in [2.05, 4.69) is 15.0 Å². The fraction of sp³-hybridized carbons (Fsp3) is 0.526. The van der Waals surface area contributed by atoms with Crippen LogP contribution < -0.4 is 15.5 Å². The van der Waals surface area contributed by atoms with Crippen molar-refractivity contribution >= 4 is 44.5 Å². The van der Waals surface area contributed by atoms with Gasteiger partial charge in [0.25, 0.3) is 15.9 Å². The summed E-state index contributed by atoms with van der Waals surface area (Å²) in [7, 11) is -3.40. The molecule has 0 unspecified atom stereocenters. The Balaban J connectivity index is 1.31. The van der Waals surface area contributed by atoms with Crippen LogP contribution in [-0.2, 0) is 14.8 Å². The highest BCUT2D eigenvalue weighted by molar-refractivity contribution is 8.15. The quantitative estimate of drug-likeness (QED) is 0.730. The van der Waals surface area contributed by atoms with E-state index < -0.39 is 10.0 Å². The summed E-state index contributed by atoms with van der Waals surface area (Å²) >= 11 is 1.25. The molecule has 1 aliphatic carbocycles. The molecular weight excluding hydrogens is 412 g/mol. The minimum atomic E-state index is -3.40. The van der Waals surface area contributed by atoms with E-state index >= 15 is 0 Å². The predicted molar refractivity (Wildman–Crippen MR) is 113 cm³/mol. The summed E-state index contributed by atoms with van der Waals surface area (Å²) in [5, 5.41) is 6.26. The fourth-order valence-corrected chi connectivity index (χ4v) is 6.11. The standard InChI is InChI=1S/C19H24N4O4S2/c24-17(21-14-4-2-1-3-5-14)8-9-20-18(25)13-6-7-15-16(12-13)28-19-22-29(26,27)11-10-23(15)19/h6-7,12,14H,1-5,8-11H2,(H,20,25)(H,21,24). The second-order valence-electron chi connectivity index (χ2n) is 7.50. The molecule has 0 radical (unpaired) electrons. The first-order valence-corrected chi connectivity index (χ1v) is 12.3. The van der Waals surface area contributed by atoms with Crippen LogP contribution in [0.3, 0.4) is 0 Å². The maximum Gasteiger partial charge on any atom is 0.257 e. The number of carbonyl (C=O) groups is 2. The van der Waals surface area contributed by atoms with Gasteiger partial charge in [-0.2, -0.15) is 0 Å². The molecule has 1 saturated carbocycles. The number of amides is 2. The Morgan fingerprint density at radius 2 is 2.00 bits per heavy atom. The molecule has 10 heteroatoms. The molecule has 0 aromatic heterocycles. The summed E-state index contributed by atoms with van der Waals surface area (Å²) in [6.07, 6.45) is 5.89. The van der Waals surface area contributed by atoms with E-state index in [-0.39, 0.29) is 36.6 Å². The van der Waals surface area contributed by atoms with Crippen LogP contribution in [0.25, 0.3) is 0 Å². The van der Waals surface area contributed by atoms with Gasteiger partial charge in [-0.1, -0.05) is 19.3 Å². The lowest BCUT2D eigenvalue weighted by atomic mass is 9.95. The second kappa shape index (κ2) is 8.35. The van der Waals surface area contributed by atoms with Crippen molar-refractivity contribution in [3.8, 4) is 0 Å². The van der Waals surface area contributed by atoms with Crippen LogP contribution >= 0.6 is 11.8 Å². The van der Waals surface area contributed by atoms with Gasteiger partial charge in [0.1, 0.15) is 0 Å². The van der Waals surface area contributed by atoms with E-state index in [1.807, 2.05) is 11.0 Å². The van der Waals surface area contributed by atoms with Crippen LogP contribution in [0.5, 0.6) is 0 Å². The number of thioether (sulfide) groups is 1. The zero-order valence-electron chi connectivity index (χ0n) is 16.0.